The zero-order valence-corrected chi connectivity index (χ0v) is 10.4. The Kier molecular flexibility index (Phi) is 8.49. The van der Waals surface area contributed by atoms with Crippen LogP contribution in [0.2, 0.25) is 0 Å². The first-order valence-electron chi connectivity index (χ1n) is 4.43. The molecule has 0 spiro atoms. The Morgan fingerprint density at radius 3 is 1.39 bits per heavy atom. The molecule has 4 amide bonds. The molecule has 0 fully saturated rings. The van der Waals surface area contributed by atoms with Crippen molar-refractivity contribution in [3.63, 3.8) is 0 Å². The van der Waals surface area contributed by atoms with Crippen LogP contribution in [0.15, 0.2) is 20.8 Å². The molecule has 0 aromatic heterocycles. The van der Waals surface area contributed by atoms with E-state index in [2.05, 4.69) is 20.8 Å². The number of urea groups is 2. The van der Waals surface area contributed by atoms with Gasteiger partial charge < -0.3 is 0 Å². The molecular formula is C6H8Cl2N6O4. The maximum absolute atomic E-state index is 11.1. The molecule has 0 heterocycles. The maximum Gasteiger partial charge on any atom is 0.385 e. The van der Waals surface area contributed by atoms with Crippen LogP contribution in [0, 0.1) is 9.81 Å². The first-order chi connectivity index (χ1) is 8.60. The van der Waals surface area contributed by atoms with Crippen LogP contribution in [0.1, 0.15) is 0 Å². The first kappa shape index (κ1) is 16.3. The Bertz CT molecular complexity index is 319. The second-order valence-electron chi connectivity index (χ2n) is 2.55. The van der Waals surface area contributed by atoms with Crippen molar-refractivity contribution in [2.24, 2.45) is 20.8 Å². The molecule has 0 atom stereocenters. The lowest BCUT2D eigenvalue weighted by Gasteiger charge is -2.07. The SMILES string of the molecule is O=NN(CCCl)C(=O)N=NC(=O)N(CCCl)N=O. The third-order valence-electron chi connectivity index (χ3n) is 1.45. The van der Waals surface area contributed by atoms with Crippen molar-refractivity contribution in [3.8, 4) is 0 Å². The first-order valence-corrected chi connectivity index (χ1v) is 5.50. The van der Waals surface area contributed by atoms with Gasteiger partial charge in [0.2, 0.25) is 0 Å². The largest absolute Gasteiger partial charge is 0.385 e. The van der Waals surface area contributed by atoms with Crippen molar-refractivity contribution in [1.82, 2.24) is 10.0 Å². The molecule has 0 saturated carbocycles. The van der Waals surface area contributed by atoms with Crippen LogP contribution >= 0.6 is 23.2 Å². The summed E-state index contributed by atoms with van der Waals surface area (Å²) in [4.78, 5) is 42.7. The van der Waals surface area contributed by atoms with E-state index in [1.54, 1.807) is 0 Å². The molecule has 100 valence electrons. The average Bonchev–Trinajstić information content (AvgIpc) is 2.38. The Morgan fingerprint density at radius 1 is 0.833 bits per heavy atom. The third-order valence-corrected chi connectivity index (χ3v) is 1.79. The van der Waals surface area contributed by atoms with Crippen LogP contribution < -0.4 is 0 Å². The summed E-state index contributed by atoms with van der Waals surface area (Å²) in [5.41, 5.74) is 0. The predicted molar refractivity (Wildman–Crippen MR) is 62.1 cm³/mol. The Balaban J connectivity index is 4.52. The number of nitroso groups, excluding NO2 is 2. The van der Waals surface area contributed by atoms with E-state index in [4.69, 9.17) is 23.2 Å². The number of hydrogen-bond donors (Lipinski definition) is 0. The highest BCUT2D eigenvalue weighted by atomic mass is 35.5. The Labute approximate surface area is 111 Å². The van der Waals surface area contributed by atoms with E-state index in [-0.39, 0.29) is 24.8 Å². The molecule has 0 radical (unpaired) electrons. The summed E-state index contributed by atoms with van der Waals surface area (Å²) >= 11 is 10.6. The molecule has 0 aliphatic carbocycles. The molecule has 10 nitrogen and oxygen atoms in total. The predicted octanol–water partition coefficient (Wildman–Crippen LogP) is 2.12. The van der Waals surface area contributed by atoms with Gasteiger partial charge in [0.25, 0.3) is 0 Å². The van der Waals surface area contributed by atoms with Gasteiger partial charge in [-0.3, -0.25) is 0 Å². The summed E-state index contributed by atoms with van der Waals surface area (Å²) in [6.07, 6.45) is 0. The molecule has 0 aliphatic heterocycles. The monoisotopic (exact) mass is 298 g/mol. The molecule has 18 heavy (non-hydrogen) atoms. The van der Waals surface area contributed by atoms with E-state index in [0.29, 0.717) is 10.0 Å². The number of rotatable bonds is 6. The minimum absolute atomic E-state index is 0.0464. The number of halogens is 2. The summed E-state index contributed by atoms with van der Waals surface area (Å²) < 4.78 is 0. The zero-order chi connectivity index (χ0) is 14.0. The van der Waals surface area contributed by atoms with Crippen LogP contribution in [0.3, 0.4) is 0 Å². The number of alkyl halides is 2. The Morgan fingerprint density at radius 2 is 1.17 bits per heavy atom. The topological polar surface area (TPSA) is 124 Å². The van der Waals surface area contributed by atoms with Crippen LogP contribution in [0.25, 0.3) is 0 Å². The van der Waals surface area contributed by atoms with Gasteiger partial charge in [0.05, 0.1) is 23.7 Å². The van der Waals surface area contributed by atoms with E-state index in [1.807, 2.05) is 0 Å². The van der Waals surface area contributed by atoms with Crippen LogP contribution in [0.5, 0.6) is 0 Å². The summed E-state index contributed by atoms with van der Waals surface area (Å²) in [5.74, 6) is -0.0928. The van der Waals surface area contributed by atoms with Crippen LogP contribution in [0.4, 0.5) is 9.59 Å². The molecule has 0 aromatic rings. The van der Waals surface area contributed by atoms with Gasteiger partial charge in [-0.15, -0.1) is 33.0 Å². The third kappa shape index (κ3) is 5.59. The highest BCUT2D eigenvalue weighted by Gasteiger charge is 2.16. The molecule has 12 heteroatoms. The molecule has 0 aliphatic rings. The smallest absolute Gasteiger partial charge is 0.242 e. The fourth-order valence-electron chi connectivity index (χ4n) is 0.692. The van der Waals surface area contributed by atoms with Gasteiger partial charge in [0, 0.05) is 11.8 Å². The van der Waals surface area contributed by atoms with E-state index >= 15 is 0 Å². The number of azo groups is 1. The molecule has 0 unspecified atom stereocenters. The second kappa shape index (κ2) is 9.36. The van der Waals surface area contributed by atoms with Gasteiger partial charge in [-0.05, 0) is 0 Å². The number of amides is 4. The van der Waals surface area contributed by atoms with Crippen molar-refractivity contribution in [3.05, 3.63) is 9.81 Å². The molecule has 0 rings (SSSR count). The minimum atomic E-state index is -1.18. The van der Waals surface area contributed by atoms with Gasteiger partial charge >= 0.3 is 12.1 Å². The van der Waals surface area contributed by atoms with E-state index < -0.39 is 12.1 Å². The quantitative estimate of drug-likeness (QED) is 0.322. The van der Waals surface area contributed by atoms with Crippen molar-refractivity contribution >= 4 is 35.3 Å². The number of carbonyl (C=O) groups excluding carboxylic acids is 2. The van der Waals surface area contributed by atoms with Crippen LogP contribution in [-0.2, 0) is 0 Å². The molecule has 0 saturated heterocycles. The minimum Gasteiger partial charge on any atom is -0.242 e. The normalized spacial score (nSPS) is 10.1. The van der Waals surface area contributed by atoms with E-state index in [9.17, 15) is 19.4 Å². The van der Waals surface area contributed by atoms with Gasteiger partial charge in [-0.1, -0.05) is 10.2 Å². The zero-order valence-electron chi connectivity index (χ0n) is 8.90. The standard InChI is InChI=1S/C6H8Cl2N6O4/c7-1-3-13(11-17)5(15)9-10-6(16)14(12-18)4-2-8/h1-4H2. The fourth-order valence-corrected chi connectivity index (χ4v) is 1.01. The molecule has 0 N–H and O–H groups in total. The maximum atomic E-state index is 11.1. The highest BCUT2D eigenvalue weighted by molar-refractivity contribution is 6.18. The molecular weight excluding hydrogens is 291 g/mol. The number of carbonyl (C=O) groups is 2. The summed E-state index contributed by atoms with van der Waals surface area (Å²) in [6, 6.07) is -2.37. The van der Waals surface area contributed by atoms with Crippen molar-refractivity contribution in [2.45, 2.75) is 0 Å². The van der Waals surface area contributed by atoms with Gasteiger partial charge in [-0.2, -0.15) is 10.0 Å². The van der Waals surface area contributed by atoms with Crippen LogP contribution in [-0.4, -0.2) is 46.9 Å². The fraction of sp³-hybridized carbons (Fsp3) is 0.667. The lowest BCUT2D eigenvalue weighted by molar-refractivity contribution is 0.202. The van der Waals surface area contributed by atoms with Crippen molar-refractivity contribution in [1.29, 1.82) is 0 Å². The summed E-state index contributed by atoms with van der Waals surface area (Å²) in [7, 11) is 0. The van der Waals surface area contributed by atoms with Crippen molar-refractivity contribution < 1.29 is 9.59 Å². The average molecular weight is 299 g/mol. The van der Waals surface area contributed by atoms with Gasteiger partial charge in [0.15, 0.2) is 0 Å². The number of hydrogen-bond acceptors (Lipinski definition) is 6. The number of nitrogens with zero attached hydrogens (tertiary/aromatic N) is 6. The second-order valence-corrected chi connectivity index (χ2v) is 3.31. The lowest BCUT2D eigenvalue weighted by Crippen LogP contribution is -2.26. The molecule has 0 bridgehead atoms. The summed E-state index contributed by atoms with van der Waals surface area (Å²) in [6.45, 7) is -0.372. The lowest BCUT2D eigenvalue weighted by atomic mass is 10.7. The van der Waals surface area contributed by atoms with E-state index in [0.717, 1.165) is 0 Å². The Hall–Kier alpha value is -1.68. The highest BCUT2D eigenvalue weighted by Crippen LogP contribution is 2.00. The van der Waals surface area contributed by atoms with Crippen molar-refractivity contribution in [2.75, 3.05) is 24.8 Å². The van der Waals surface area contributed by atoms with Gasteiger partial charge in [0.1, 0.15) is 0 Å². The van der Waals surface area contributed by atoms with E-state index in [1.165, 1.54) is 0 Å². The van der Waals surface area contributed by atoms with Gasteiger partial charge in [-0.25, -0.2) is 9.59 Å². The molecule has 0 aromatic carbocycles. The summed E-state index contributed by atoms with van der Waals surface area (Å²) in [5, 5.41) is 11.2.